The van der Waals surface area contributed by atoms with Crippen molar-refractivity contribution >= 4 is 11.7 Å². The summed E-state index contributed by atoms with van der Waals surface area (Å²) in [6, 6.07) is 12.2. The van der Waals surface area contributed by atoms with Crippen LogP contribution in [0.1, 0.15) is 45.7 Å². The van der Waals surface area contributed by atoms with Crippen LogP contribution < -0.4 is 10.1 Å². The van der Waals surface area contributed by atoms with Gasteiger partial charge in [0.2, 0.25) is 0 Å². The molecule has 1 amide bonds. The molecule has 0 saturated heterocycles. The molecule has 3 rings (SSSR count). The number of nitrogens with zero attached hydrogens (tertiary/aromatic N) is 2. The van der Waals surface area contributed by atoms with Crippen LogP contribution in [0.15, 0.2) is 53.1 Å². The second-order valence-corrected chi connectivity index (χ2v) is 6.44. The molecule has 0 atom stereocenters. The lowest BCUT2D eigenvalue weighted by Crippen LogP contribution is -2.25. The predicted molar refractivity (Wildman–Crippen MR) is 103 cm³/mol. The van der Waals surface area contributed by atoms with Gasteiger partial charge in [0.1, 0.15) is 18.1 Å². The molecule has 0 unspecified atom stereocenters. The van der Waals surface area contributed by atoms with Crippen molar-refractivity contribution in [2.24, 2.45) is 0 Å². The van der Waals surface area contributed by atoms with Crippen molar-refractivity contribution in [3.05, 3.63) is 71.4 Å². The van der Waals surface area contributed by atoms with E-state index in [-0.39, 0.29) is 24.1 Å². The normalized spacial score (nSPS) is 10.6. The van der Waals surface area contributed by atoms with Crippen LogP contribution in [0.4, 0.5) is 0 Å². The molecule has 0 aliphatic carbocycles. The average molecular weight is 381 g/mol. The van der Waals surface area contributed by atoms with Crippen LogP contribution in [-0.2, 0) is 13.2 Å². The number of carbonyl (C=O) groups is 2. The van der Waals surface area contributed by atoms with Gasteiger partial charge < -0.3 is 14.5 Å². The summed E-state index contributed by atoms with van der Waals surface area (Å²) in [5.74, 6) is 1.18. The van der Waals surface area contributed by atoms with Crippen molar-refractivity contribution in [1.82, 2.24) is 15.1 Å². The monoisotopic (exact) mass is 381 g/mol. The number of Topliss-reactive ketones (excluding diaryl/α,β-unsaturated/α-hetero) is 1. The second kappa shape index (κ2) is 9.03. The Morgan fingerprint density at radius 3 is 2.61 bits per heavy atom. The van der Waals surface area contributed by atoms with Gasteiger partial charge in [-0.25, -0.2) is 0 Å². The molecular formula is C21H23N3O4. The number of furan rings is 1. The lowest BCUT2D eigenvalue weighted by Gasteiger charge is -2.06. The van der Waals surface area contributed by atoms with Gasteiger partial charge in [0.15, 0.2) is 11.5 Å². The lowest BCUT2D eigenvalue weighted by molar-refractivity contribution is 0.0920. The predicted octanol–water partition coefficient (Wildman–Crippen LogP) is 3.39. The molecule has 0 aliphatic rings. The van der Waals surface area contributed by atoms with E-state index < -0.39 is 0 Å². The first kappa shape index (κ1) is 19.4. The van der Waals surface area contributed by atoms with Crippen LogP contribution in [0, 0.1) is 6.92 Å². The number of rotatable bonds is 9. The maximum atomic E-state index is 12.2. The number of aryl methyl sites for hydroxylation is 2. The third-order valence-corrected chi connectivity index (χ3v) is 4.29. The van der Waals surface area contributed by atoms with E-state index in [1.807, 2.05) is 17.7 Å². The molecule has 0 fully saturated rings. The van der Waals surface area contributed by atoms with Crippen LogP contribution in [0.2, 0.25) is 0 Å². The standard InChI is InChI=1S/C21H23N3O4/c1-15-10-12-23-24(15)13-3-11-22-21(26)20-9-8-19(28-20)14-27-18-6-4-17(5-7-18)16(2)25/h4-10,12H,3,11,13-14H2,1-2H3,(H,22,26). The van der Waals surface area contributed by atoms with E-state index in [4.69, 9.17) is 9.15 Å². The molecule has 7 heteroatoms. The summed E-state index contributed by atoms with van der Waals surface area (Å²) >= 11 is 0. The average Bonchev–Trinajstić information content (AvgIpc) is 3.33. The first-order chi connectivity index (χ1) is 13.5. The molecule has 2 heterocycles. The van der Waals surface area contributed by atoms with E-state index in [2.05, 4.69) is 10.4 Å². The Hall–Kier alpha value is -3.35. The highest BCUT2D eigenvalue weighted by Crippen LogP contribution is 2.16. The zero-order valence-electron chi connectivity index (χ0n) is 16.0. The number of ether oxygens (including phenoxy) is 1. The lowest BCUT2D eigenvalue weighted by atomic mass is 10.1. The third-order valence-electron chi connectivity index (χ3n) is 4.29. The first-order valence-corrected chi connectivity index (χ1v) is 9.12. The minimum Gasteiger partial charge on any atom is -0.486 e. The molecular weight excluding hydrogens is 358 g/mol. The Bertz CT molecular complexity index is 941. The minimum atomic E-state index is -0.255. The number of benzene rings is 1. The fourth-order valence-corrected chi connectivity index (χ4v) is 2.67. The highest BCUT2D eigenvalue weighted by atomic mass is 16.5. The Kier molecular flexibility index (Phi) is 6.26. The number of aromatic nitrogens is 2. The summed E-state index contributed by atoms with van der Waals surface area (Å²) in [4.78, 5) is 23.4. The Labute approximate surface area is 163 Å². The van der Waals surface area contributed by atoms with Gasteiger partial charge in [0.05, 0.1) is 0 Å². The molecule has 0 radical (unpaired) electrons. The number of ketones is 1. The maximum absolute atomic E-state index is 12.2. The Morgan fingerprint density at radius 1 is 1.14 bits per heavy atom. The smallest absolute Gasteiger partial charge is 0.286 e. The number of amides is 1. The topological polar surface area (TPSA) is 86.4 Å². The zero-order valence-corrected chi connectivity index (χ0v) is 16.0. The van der Waals surface area contributed by atoms with E-state index in [1.54, 1.807) is 42.6 Å². The molecule has 1 N–H and O–H groups in total. The summed E-state index contributed by atoms with van der Waals surface area (Å²) in [5, 5.41) is 7.05. The molecule has 1 aromatic carbocycles. The quantitative estimate of drug-likeness (QED) is 0.454. The molecule has 0 aliphatic heterocycles. The van der Waals surface area contributed by atoms with Crippen LogP contribution in [0.25, 0.3) is 0 Å². The van der Waals surface area contributed by atoms with Crippen LogP contribution >= 0.6 is 0 Å². The molecule has 3 aromatic rings. The molecule has 146 valence electrons. The summed E-state index contributed by atoms with van der Waals surface area (Å²) in [6.45, 7) is 5.00. The number of hydrogen-bond donors (Lipinski definition) is 1. The SMILES string of the molecule is CC(=O)c1ccc(OCc2ccc(C(=O)NCCCn3nccc3C)o2)cc1. The number of carbonyl (C=O) groups excluding carboxylic acids is 2. The van der Waals surface area contributed by atoms with Gasteiger partial charge in [0.25, 0.3) is 5.91 Å². The maximum Gasteiger partial charge on any atom is 0.286 e. The zero-order chi connectivity index (χ0) is 19.9. The van der Waals surface area contributed by atoms with Crippen LogP contribution in [0.3, 0.4) is 0 Å². The van der Waals surface area contributed by atoms with Gasteiger partial charge in [-0.1, -0.05) is 0 Å². The van der Waals surface area contributed by atoms with Gasteiger partial charge in [-0.15, -0.1) is 0 Å². The largest absolute Gasteiger partial charge is 0.486 e. The Morgan fingerprint density at radius 2 is 1.93 bits per heavy atom. The molecule has 0 saturated carbocycles. The number of hydrogen-bond acceptors (Lipinski definition) is 5. The Balaban J connectivity index is 1.43. The fourth-order valence-electron chi connectivity index (χ4n) is 2.67. The van der Waals surface area contributed by atoms with E-state index >= 15 is 0 Å². The van der Waals surface area contributed by atoms with E-state index in [0.717, 1.165) is 18.7 Å². The number of nitrogens with one attached hydrogen (secondary N) is 1. The highest BCUT2D eigenvalue weighted by Gasteiger charge is 2.11. The van der Waals surface area contributed by atoms with Crippen molar-refractivity contribution in [1.29, 1.82) is 0 Å². The fraction of sp³-hybridized carbons (Fsp3) is 0.286. The van der Waals surface area contributed by atoms with Crippen LogP contribution in [-0.4, -0.2) is 28.0 Å². The van der Waals surface area contributed by atoms with Crippen molar-refractivity contribution in [2.45, 2.75) is 33.4 Å². The van der Waals surface area contributed by atoms with E-state index in [1.165, 1.54) is 6.92 Å². The summed E-state index contributed by atoms with van der Waals surface area (Å²) in [5.41, 5.74) is 1.73. The molecule has 0 spiro atoms. The van der Waals surface area contributed by atoms with Gasteiger partial charge in [-0.3, -0.25) is 14.3 Å². The van der Waals surface area contributed by atoms with Crippen molar-refractivity contribution in [3.8, 4) is 5.75 Å². The molecule has 2 aromatic heterocycles. The highest BCUT2D eigenvalue weighted by molar-refractivity contribution is 5.94. The van der Waals surface area contributed by atoms with Gasteiger partial charge in [-0.2, -0.15) is 5.10 Å². The van der Waals surface area contributed by atoms with Crippen molar-refractivity contribution in [2.75, 3.05) is 6.54 Å². The second-order valence-electron chi connectivity index (χ2n) is 6.44. The summed E-state index contributed by atoms with van der Waals surface area (Å²) in [7, 11) is 0. The van der Waals surface area contributed by atoms with Gasteiger partial charge in [0, 0.05) is 30.5 Å². The minimum absolute atomic E-state index is 0.00740. The molecule has 7 nitrogen and oxygen atoms in total. The van der Waals surface area contributed by atoms with Crippen LogP contribution in [0.5, 0.6) is 5.75 Å². The van der Waals surface area contributed by atoms with Gasteiger partial charge in [-0.05, 0) is 62.7 Å². The van der Waals surface area contributed by atoms with Gasteiger partial charge >= 0.3 is 0 Å². The van der Waals surface area contributed by atoms with Crippen molar-refractivity contribution in [3.63, 3.8) is 0 Å². The molecule has 0 bridgehead atoms. The first-order valence-electron chi connectivity index (χ1n) is 9.12. The summed E-state index contributed by atoms with van der Waals surface area (Å²) < 4.78 is 13.1. The van der Waals surface area contributed by atoms with Crippen molar-refractivity contribution < 1.29 is 18.7 Å². The molecule has 28 heavy (non-hydrogen) atoms. The van der Waals surface area contributed by atoms with E-state index in [9.17, 15) is 9.59 Å². The third kappa shape index (κ3) is 5.09. The van der Waals surface area contributed by atoms with E-state index in [0.29, 0.717) is 23.6 Å². The summed E-state index contributed by atoms with van der Waals surface area (Å²) in [6.07, 6.45) is 2.54.